The molecule has 3 heterocycles. The Hall–Kier alpha value is -6.86. The van der Waals surface area contributed by atoms with Crippen molar-refractivity contribution in [1.29, 1.82) is 0 Å². The molecule has 0 aliphatic carbocycles. The predicted octanol–water partition coefficient (Wildman–Crippen LogP) is 1.71. The summed E-state index contributed by atoms with van der Waals surface area (Å²) < 4.78 is 0. The highest BCUT2D eigenvalue weighted by Gasteiger charge is 2.39. The predicted molar refractivity (Wildman–Crippen MR) is 252 cm³/mol. The number of nitrogens with two attached hydrogens (primary N) is 1. The smallest absolute Gasteiger partial charge is 0.326 e. The minimum Gasteiger partial charge on any atom is -0.480 e. The zero-order valence-electron chi connectivity index (χ0n) is 36.5. The fourth-order valence-electron chi connectivity index (χ4n) is 7.65. The molecule has 4 aromatic carbocycles. The first-order chi connectivity index (χ1) is 32.3. The Bertz CT molecular complexity index is 2380. The number of anilines is 1. The van der Waals surface area contributed by atoms with Gasteiger partial charge in [0.1, 0.15) is 30.2 Å². The van der Waals surface area contributed by atoms with Gasteiger partial charge in [-0.2, -0.15) is 0 Å². The summed E-state index contributed by atoms with van der Waals surface area (Å²) in [4.78, 5) is 96.6. The Kier molecular flexibility index (Phi) is 17.8. The second-order valence-electron chi connectivity index (χ2n) is 16.4. The summed E-state index contributed by atoms with van der Waals surface area (Å²) in [5, 5.41) is 48.6. The Morgan fingerprint density at radius 3 is 1.87 bits per heavy atom. The van der Waals surface area contributed by atoms with E-state index in [0.717, 1.165) is 11.1 Å². The molecule has 2 unspecified atom stereocenters. The molecule has 6 amide bonds. The van der Waals surface area contributed by atoms with E-state index < -0.39 is 89.1 Å². The van der Waals surface area contributed by atoms with Crippen LogP contribution in [0.1, 0.15) is 42.4 Å². The zero-order chi connectivity index (χ0) is 47.9. The van der Waals surface area contributed by atoms with Gasteiger partial charge in [-0.05, 0) is 77.6 Å². The Morgan fingerprint density at radius 2 is 1.25 bits per heavy atom. The van der Waals surface area contributed by atoms with Gasteiger partial charge in [-0.1, -0.05) is 103 Å². The number of aliphatic hydroxyl groups excluding tert-OH is 2. The number of allylic oxidation sites excluding steroid dienone is 1. The molecule has 0 saturated carbocycles. The molecule has 7 rings (SSSR count). The van der Waals surface area contributed by atoms with E-state index in [9.17, 15) is 48.9 Å². The maximum absolute atomic E-state index is 14.7. The molecular formula is C49H55N7O10S. The van der Waals surface area contributed by atoms with Crippen molar-refractivity contribution in [2.24, 2.45) is 5.73 Å². The van der Waals surface area contributed by atoms with E-state index in [0.29, 0.717) is 42.5 Å². The van der Waals surface area contributed by atoms with Crippen molar-refractivity contribution in [3.63, 3.8) is 0 Å². The molecule has 0 saturated heterocycles. The number of rotatable bonds is 13. The van der Waals surface area contributed by atoms with E-state index in [1.165, 1.54) is 36.0 Å². The number of carbonyl (C=O) groups is 7. The van der Waals surface area contributed by atoms with E-state index in [1.54, 1.807) is 53.9 Å². The van der Waals surface area contributed by atoms with Crippen LogP contribution in [0.4, 0.5) is 5.69 Å². The maximum Gasteiger partial charge on any atom is 0.326 e. The van der Waals surface area contributed by atoms with Crippen LogP contribution in [0, 0.1) is 0 Å². The number of nitrogens with one attached hydrogen (secondary N) is 6. The molecule has 67 heavy (non-hydrogen) atoms. The maximum atomic E-state index is 14.7. The summed E-state index contributed by atoms with van der Waals surface area (Å²) in [6.45, 7) is 0.321. The molecule has 0 fully saturated rings. The summed E-state index contributed by atoms with van der Waals surface area (Å²) in [6.07, 6.45) is -1.84. The number of amides is 6. The number of benzene rings is 4. The van der Waals surface area contributed by atoms with Crippen LogP contribution in [0.5, 0.6) is 0 Å². The monoisotopic (exact) mass is 933 g/mol. The van der Waals surface area contributed by atoms with Gasteiger partial charge in [-0.25, -0.2) is 4.79 Å². The van der Waals surface area contributed by atoms with Crippen molar-refractivity contribution < 1.29 is 48.9 Å². The molecule has 0 radical (unpaired) electrons. The van der Waals surface area contributed by atoms with Gasteiger partial charge in [0.25, 0.3) is 11.8 Å². The largest absolute Gasteiger partial charge is 0.480 e. The fraction of sp³-hybridized carbons (Fsp3) is 0.327. The number of carboxylic acids is 1. The van der Waals surface area contributed by atoms with E-state index in [-0.39, 0.29) is 31.4 Å². The van der Waals surface area contributed by atoms with Crippen LogP contribution in [-0.2, 0) is 52.8 Å². The van der Waals surface area contributed by atoms with Gasteiger partial charge < -0.3 is 53.0 Å². The van der Waals surface area contributed by atoms with Crippen LogP contribution in [0.3, 0.4) is 0 Å². The molecule has 18 heteroatoms. The number of unbranched alkanes of at least 4 members (excludes halogenated alkanes) is 1. The first-order valence-electron chi connectivity index (χ1n) is 22.0. The molecule has 11 N–H and O–H groups in total. The second kappa shape index (κ2) is 24.1. The van der Waals surface area contributed by atoms with Crippen molar-refractivity contribution in [3.8, 4) is 11.1 Å². The Morgan fingerprint density at radius 1 is 0.672 bits per heavy atom. The molecule has 2 bridgehead atoms. The first-order valence-corrected chi connectivity index (χ1v) is 22.9. The Labute approximate surface area is 391 Å². The van der Waals surface area contributed by atoms with Crippen LogP contribution in [0.15, 0.2) is 121 Å². The number of hydrogen-bond donors (Lipinski definition) is 10. The lowest BCUT2D eigenvalue weighted by atomic mass is 9.98. The minimum absolute atomic E-state index is 0.0618. The zero-order valence-corrected chi connectivity index (χ0v) is 37.3. The van der Waals surface area contributed by atoms with Gasteiger partial charge >= 0.3 is 5.97 Å². The number of aliphatic hydroxyl groups is 2. The number of carboxylic acid groups (broad SMARTS) is 1. The van der Waals surface area contributed by atoms with Crippen LogP contribution in [0.25, 0.3) is 11.1 Å². The summed E-state index contributed by atoms with van der Waals surface area (Å²) in [6, 6.07) is 24.8. The second-order valence-corrected chi connectivity index (χ2v) is 17.5. The topological polar surface area (TPSA) is 278 Å². The van der Waals surface area contributed by atoms with Crippen molar-refractivity contribution in [1.82, 2.24) is 26.6 Å². The van der Waals surface area contributed by atoms with E-state index in [2.05, 4.69) is 31.9 Å². The number of hydrogen-bond acceptors (Lipinski definition) is 11. The normalized spacial score (nSPS) is 23.4. The highest BCUT2D eigenvalue weighted by molar-refractivity contribution is 8.03. The average Bonchev–Trinajstić information content (AvgIpc) is 3.87. The van der Waals surface area contributed by atoms with Gasteiger partial charge in [-0.15, -0.1) is 11.8 Å². The third-order valence-electron chi connectivity index (χ3n) is 11.4. The van der Waals surface area contributed by atoms with Crippen LogP contribution in [0.2, 0.25) is 0 Å². The number of fused-ring (bicyclic) bond motifs is 18. The van der Waals surface area contributed by atoms with E-state index in [4.69, 9.17) is 5.73 Å². The SMILES string of the molecule is NCCCC[C@H](NC(=O)[C@@H]1Cc2ccc(cc2)NC(=O)[C@H](O)[C@@H](O)C(=O)NC(C2CC=CS2)C(=O)N[C@@H](Cc2ccc(-c3ccccc3)cc2)C(=O)N[C@H](Cc2ccccc2)C(=O)N1)C(=O)O. The first kappa shape index (κ1) is 49.6. The van der Waals surface area contributed by atoms with Crippen LogP contribution in [-0.4, -0.2) is 111 Å². The standard InChI is InChI=1S/C49H55N7O10S/c50-24-8-7-14-35(49(65)66)52-43(59)37-28-31-18-22-34(23-19-31)51-47(63)41(57)42(58)48(64)56-40(39-15-9-25-67-39)46(62)55-38(27-30-16-20-33(21-17-30)32-12-5-2-6-13-32)45(61)53-36(44(60)54-37)26-29-10-3-1-4-11-29/h1-6,9-13,16-23,25,35-42,57-58H,7-8,14-15,24,26-28,50H2,(H,51,63)(H,52,59)(H,53,61)(H,54,60)(H,55,62)(H,56,64)(H,65,66)/t35-,36+,37-,38-,39?,40?,41+,42+/m0/s1. The lowest BCUT2D eigenvalue weighted by Gasteiger charge is -2.29. The van der Waals surface area contributed by atoms with Gasteiger partial charge in [-0.3, -0.25) is 28.8 Å². The van der Waals surface area contributed by atoms with Gasteiger partial charge in [0.05, 0.1) is 0 Å². The number of thioether (sulfide) groups is 1. The van der Waals surface area contributed by atoms with Gasteiger partial charge in [0.15, 0.2) is 12.2 Å². The number of aliphatic carboxylic acids is 1. The summed E-state index contributed by atoms with van der Waals surface area (Å²) in [7, 11) is 0. The highest BCUT2D eigenvalue weighted by atomic mass is 32.2. The average molecular weight is 934 g/mol. The van der Waals surface area contributed by atoms with Crippen molar-refractivity contribution >= 4 is 58.9 Å². The van der Waals surface area contributed by atoms with Crippen LogP contribution < -0.4 is 37.6 Å². The molecule has 8 atom stereocenters. The number of carbonyl (C=O) groups excluding carboxylic acids is 6. The van der Waals surface area contributed by atoms with Gasteiger partial charge in [0, 0.05) is 30.2 Å². The lowest BCUT2D eigenvalue weighted by Crippen LogP contribution is -2.61. The summed E-state index contributed by atoms with van der Waals surface area (Å²) in [5.74, 6) is -6.88. The van der Waals surface area contributed by atoms with Crippen molar-refractivity contribution in [2.45, 2.75) is 92.6 Å². The van der Waals surface area contributed by atoms with Crippen LogP contribution >= 0.6 is 11.8 Å². The third-order valence-corrected chi connectivity index (χ3v) is 12.6. The Balaban J connectivity index is 1.38. The lowest BCUT2D eigenvalue weighted by molar-refractivity contribution is -0.145. The minimum atomic E-state index is -2.31. The van der Waals surface area contributed by atoms with E-state index >= 15 is 0 Å². The van der Waals surface area contributed by atoms with Crippen molar-refractivity contribution in [3.05, 3.63) is 137 Å². The molecule has 0 aromatic heterocycles. The molecule has 3 aliphatic rings. The summed E-state index contributed by atoms with van der Waals surface area (Å²) in [5.41, 5.74) is 9.32. The quantitative estimate of drug-likeness (QED) is 0.0678. The molecule has 4 aromatic rings. The molecule has 352 valence electrons. The molecule has 3 aliphatic heterocycles. The van der Waals surface area contributed by atoms with Gasteiger partial charge in [0.2, 0.25) is 23.6 Å². The fourth-order valence-corrected chi connectivity index (χ4v) is 8.65. The highest BCUT2D eigenvalue weighted by Crippen LogP contribution is 2.28. The third kappa shape index (κ3) is 14.1. The molecule has 0 spiro atoms. The van der Waals surface area contributed by atoms with E-state index in [1.807, 2.05) is 42.5 Å². The molecule has 17 nitrogen and oxygen atoms in total. The van der Waals surface area contributed by atoms with Crippen molar-refractivity contribution in [2.75, 3.05) is 11.9 Å². The molecular weight excluding hydrogens is 879 g/mol. The summed E-state index contributed by atoms with van der Waals surface area (Å²) >= 11 is 1.22.